The van der Waals surface area contributed by atoms with Gasteiger partial charge >= 0.3 is 0 Å². The van der Waals surface area contributed by atoms with E-state index in [0.717, 1.165) is 6.42 Å². The smallest absolute Gasteiger partial charge is 0.226 e. The standard InChI is InChI=1S/C16H23FN2O3/c1-4-5-12-8-15(22-3)14(9-13(12)17)19-11(2)6-7-16(21)18-10-20/h8-11,19H,4-7H2,1-3H3,(H,18,20,21). The van der Waals surface area contributed by atoms with Gasteiger partial charge in [0.2, 0.25) is 12.3 Å². The van der Waals surface area contributed by atoms with E-state index in [-0.39, 0.29) is 24.2 Å². The third-order valence-corrected chi connectivity index (χ3v) is 3.31. The molecule has 0 aliphatic rings. The molecule has 0 saturated heterocycles. The van der Waals surface area contributed by atoms with Crippen LogP contribution in [0.4, 0.5) is 10.1 Å². The number of carbonyl (C=O) groups excluding carboxylic acids is 2. The highest BCUT2D eigenvalue weighted by Gasteiger charge is 2.13. The predicted octanol–water partition coefficient (Wildman–Crippen LogP) is 2.64. The zero-order valence-corrected chi connectivity index (χ0v) is 13.2. The maximum atomic E-state index is 14.0. The van der Waals surface area contributed by atoms with E-state index in [2.05, 4.69) is 10.6 Å². The number of ether oxygens (including phenoxy) is 1. The number of amides is 2. The summed E-state index contributed by atoms with van der Waals surface area (Å²) in [5, 5.41) is 5.22. The molecule has 0 radical (unpaired) electrons. The van der Waals surface area contributed by atoms with Gasteiger partial charge in [0, 0.05) is 18.5 Å². The first-order chi connectivity index (χ1) is 10.5. The Balaban J connectivity index is 2.73. The van der Waals surface area contributed by atoms with Crippen molar-refractivity contribution < 1.29 is 18.7 Å². The van der Waals surface area contributed by atoms with Crippen LogP contribution in [0.25, 0.3) is 0 Å². The van der Waals surface area contributed by atoms with E-state index in [1.54, 1.807) is 6.07 Å². The fourth-order valence-corrected chi connectivity index (χ4v) is 2.16. The Kier molecular flexibility index (Phi) is 7.36. The highest BCUT2D eigenvalue weighted by atomic mass is 19.1. The van der Waals surface area contributed by atoms with E-state index in [0.29, 0.717) is 36.3 Å². The normalized spacial score (nSPS) is 11.6. The minimum atomic E-state index is -0.333. The fourth-order valence-electron chi connectivity index (χ4n) is 2.16. The number of methoxy groups -OCH3 is 1. The predicted molar refractivity (Wildman–Crippen MR) is 83.5 cm³/mol. The summed E-state index contributed by atoms with van der Waals surface area (Å²) >= 11 is 0. The molecule has 0 aliphatic heterocycles. The van der Waals surface area contributed by atoms with Crippen molar-refractivity contribution in [1.82, 2.24) is 5.32 Å². The maximum absolute atomic E-state index is 14.0. The van der Waals surface area contributed by atoms with Crippen LogP contribution in [0.2, 0.25) is 0 Å². The molecule has 0 spiro atoms. The molecule has 22 heavy (non-hydrogen) atoms. The topological polar surface area (TPSA) is 67.4 Å². The Morgan fingerprint density at radius 1 is 1.45 bits per heavy atom. The van der Waals surface area contributed by atoms with Crippen LogP contribution in [0.5, 0.6) is 5.75 Å². The first-order valence-corrected chi connectivity index (χ1v) is 7.37. The Morgan fingerprint density at radius 2 is 2.18 bits per heavy atom. The summed E-state index contributed by atoms with van der Waals surface area (Å²) in [6.45, 7) is 3.87. The lowest BCUT2D eigenvalue weighted by molar-refractivity contribution is -0.125. The number of hydrogen-bond acceptors (Lipinski definition) is 4. The van der Waals surface area contributed by atoms with Gasteiger partial charge in [-0.1, -0.05) is 13.3 Å². The highest BCUT2D eigenvalue weighted by Crippen LogP contribution is 2.29. The lowest BCUT2D eigenvalue weighted by Gasteiger charge is -2.18. The van der Waals surface area contributed by atoms with Crippen molar-refractivity contribution in [3.05, 3.63) is 23.5 Å². The summed E-state index contributed by atoms with van der Waals surface area (Å²) in [5.74, 6) is -0.0230. The average Bonchev–Trinajstić information content (AvgIpc) is 2.48. The largest absolute Gasteiger partial charge is 0.495 e. The second-order valence-corrected chi connectivity index (χ2v) is 5.16. The number of carbonyl (C=O) groups is 2. The van der Waals surface area contributed by atoms with Gasteiger partial charge < -0.3 is 10.1 Å². The van der Waals surface area contributed by atoms with Crippen LogP contribution in [-0.4, -0.2) is 25.5 Å². The molecule has 0 saturated carbocycles. The van der Waals surface area contributed by atoms with Gasteiger partial charge in [-0.05, 0) is 31.4 Å². The SMILES string of the molecule is CCCc1cc(OC)c(NC(C)CCC(=O)NC=O)cc1F. The van der Waals surface area contributed by atoms with Crippen molar-refractivity contribution in [3.8, 4) is 5.75 Å². The second kappa shape index (κ2) is 9.02. The summed E-state index contributed by atoms with van der Waals surface area (Å²) in [7, 11) is 1.54. The first-order valence-electron chi connectivity index (χ1n) is 7.37. The number of rotatable bonds is 9. The van der Waals surface area contributed by atoms with Gasteiger partial charge in [0.05, 0.1) is 12.8 Å². The van der Waals surface area contributed by atoms with Crippen LogP contribution in [0.15, 0.2) is 12.1 Å². The molecule has 1 aromatic rings. The number of benzene rings is 1. The molecule has 2 amide bonds. The third-order valence-electron chi connectivity index (χ3n) is 3.31. The Morgan fingerprint density at radius 3 is 2.77 bits per heavy atom. The van der Waals surface area contributed by atoms with Crippen LogP contribution in [0, 0.1) is 5.82 Å². The van der Waals surface area contributed by atoms with Crippen molar-refractivity contribution in [1.29, 1.82) is 0 Å². The van der Waals surface area contributed by atoms with Crippen molar-refractivity contribution in [3.63, 3.8) is 0 Å². The van der Waals surface area contributed by atoms with Crippen LogP contribution >= 0.6 is 0 Å². The summed E-state index contributed by atoms with van der Waals surface area (Å²) < 4.78 is 19.3. The fraction of sp³-hybridized carbons (Fsp3) is 0.500. The van der Waals surface area contributed by atoms with E-state index in [4.69, 9.17) is 4.74 Å². The average molecular weight is 310 g/mol. The van der Waals surface area contributed by atoms with E-state index in [1.165, 1.54) is 13.2 Å². The zero-order valence-electron chi connectivity index (χ0n) is 13.2. The zero-order chi connectivity index (χ0) is 16.5. The summed E-state index contributed by atoms with van der Waals surface area (Å²) in [5.41, 5.74) is 1.19. The quantitative estimate of drug-likeness (QED) is 0.688. The number of imide groups is 1. The van der Waals surface area contributed by atoms with E-state index >= 15 is 0 Å². The number of nitrogens with one attached hydrogen (secondary N) is 2. The molecular formula is C16H23FN2O3. The van der Waals surface area contributed by atoms with E-state index in [1.807, 2.05) is 13.8 Å². The summed E-state index contributed by atoms with van der Waals surface area (Å²) in [6, 6.07) is 3.06. The molecule has 1 atom stereocenters. The van der Waals surface area contributed by atoms with Crippen LogP contribution in [0.1, 0.15) is 38.7 Å². The van der Waals surface area contributed by atoms with Gasteiger partial charge in [-0.15, -0.1) is 0 Å². The van der Waals surface area contributed by atoms with E-state index in [9.17, 15) is 14.0 Å². The van der Waals surface area contributed by atoms with Crippen LogP contribution in [0.3, 0.4) is 0 Å². The van der Waals surface area contributed by atoms with Gasteiger partial charge in [0.1, 0.15) is 11.6 Å². The Hall–Kier alpha value is -2.11. The van der Waals surface area contributed by atoms with Crippen molar-refractivity contribution in [2.45, 2.75) is 45.6 Å². The van der Waals surface area contributed by atoms with Gasteiger partial charge in [-0.2, -0.15) is 0 Å². The molecule has 0 aliphatic carbocycles. The maximum Gasteiger partial charge on any atom is 0.226 e. The van der Waals surface area contributed by atoms with Gasteiger partial charge in [0.15, 0.2) is 0 Å². The molecule has 0 heterocycles. The van der Waals surface area contributed by atoms with Crippen molar-refractivity contribution in [2.24, 2.45) is 0 Å². The third kappa shape index (κ3) is 5.35. The van der Waals surface area contributed by atoms with Gasteiger partial charge in [0.25, 0.3) is 0 Å². The summed E-state index contributed by atoms with van der Waals surface area (Å²) in [4.78, 5) is 21.4. The number of halogens is 1. The molecule has 0 bridgehead atoms. The molecule has 1 unspecified atom stereocenters. The molecular weight excluding hydrogens is 287 g/mol. The Bertz CT molecular complexity index is 520. The van der Waals surface area contributed by atoms with E-state index < -0.39 is 0 Å². The molecule has 1 aromatic carbocycles. The van der Waals surface area contributed by atoms with Crippen molar-refractivity contribution >= 4 is 18.0 Å². The lowest BCUT2D eigenvalue weighted by Crippen LogP contribution is -2.24. The minimum absolute atomic E-state index is 0.0669. The minimum Gasteiger partial charge on any atom is -0.495 e. The van der Waals surface area contributed by atoms with Crippen molar-refractivity contribution in [2.75, 3.05) is 12.4 Å². The molecule has 0 fully saturated rings. The molecule has 6 heteroatoms. The number of anilines is 1. The molecule has 1 rings (SSSR count). The molecule has 122 valence electrons. The number of hydrogen-bond donors (Lipinski definition) is 2. The monoisotopic (exact) mass is 310 g/mol. The molecule has 0 aromatic heterocycles. The molecule has 5 nitrogen and oxygen atoms in total. The highest BCUT2D eigenvalue weighted by molar-refractivity contribution is 5.85. The summed E-state index contributed by atoms with van der Waals surface area (Å²) in [6.07, 6.45) is 2.61. The number of aryl methyl sites for hydroxylation is 1. The second-order valence-electron chi connectivity index (χ2n) is 5.16. The van der Waals surface area contributed by atoms with Gasteiger partial charge in [-0.3, -0.25) is 14.9 Å². The van der Waals surface area contributed by atoms with Crippen LogP contribution in [-0.2, 0) is 16.0 Å². The molecule has 2 N–H and O–H groups in total. The lowest BCUT2D eigenvalue weighted by atomic mass is 10.1. The van der Waals surface area contributed by atoms with Gasteiger partial charge in [-0.25, -0.2) is 4.39 Å². The first kappa shape index (κ1) is 17.9. The Labute approximate surface area is 130 Å². The van der Waals surface area contributed by atoms with Crippen LogP contribution < -0.4 is 15.4 Å².